The number of aromatic nitrogens is 4. The lowest BCUT2D eigenvalue weighted by atomic mass is 10.4. The Labute approximate surface area is 114 Å². The van der Waals surface area contributed by atoms with E-state index < -0.39 is 22.5 Å². The molecule has 0 saturated heterocycles. The van der Waals surface area contributed by atoms with Gasteiger partial charge in [-0.15, -0.1) is 0 Å². The fraction of sp³-hybridized carbons (Fsp3) is 0.300. The van der Waals surface area contributed by atoms with Crippen molar-refractivity contribution in [2.75, 3.05) is 4.72 Å². The minimum atomic E-state index is -3.86. The summed E-state index contributed by atoms with van der Waals surface area (Å²) in [6.45, 7) is 2.61. The normalized spacial score (nSPS) is 11.5. The fourth-order valence-electron chi connectivity index (χ4n) is 1.86. The van der Waals surface area contributed by atoms with E-state index >= 15 is 0 Å². The number of aryl methyl sites for hydroxylation is 1. The van der Waals surface area contributed by atoms with E-state index in [1.54, 1.807) is 0 Å². The number of nitrogens with one attached hydrogen (secondary N) is 2. The number of nitrogens with zero attached hydrogens (tertiary/aromatic N) is 3. The number of H-pyrrole nitrogens is 1. The van der Waals surface area contributed by atoms with Crippen LogP contribution in [0.3, 0.4) is 0 Å². The Kier molecular flexibility index (Phi) is 3.49. The summed E-state index contributed by atoms with van der Waals surface area (Å²) in [7, 11) is -3.86. The van der Waals surface area contributed by atoms with Crippen LogP contribution in [0.25, 0.3) is 0 Å². The largest absolute Gasteiger partial charge is 0.480 e. The number of carboxylic acids is 1. The van der Waals surface area contributed by atoms with Crippen LogP contribution in [0.5, 0.6) is 0 Å². The van der Waals surface area contributed by atoms with E-state index in [0.717, 1.165) is 4.68 Å². The summed E-state index contributed by atoms with van der Waals surface area (Å²) in [6, 6.07) is 1.46. The van der Waals surface area contributed by atoms with Gasteiger partial charge in [-0.25, -0.2) is 8.42 Å². The summed E-state index contributed by atoms with van der Waals surface area (Å²) in [5, 5.41) is 18.8. The number of anilines is 1. The molecule has 0 aliphatic rings. The summed E-state index contributed by atoms with van der Waals surface area (Å²) in [6.07, 6.45) is 1.41. The molecule has 9 nitrogen and oxygen atoms in total. The van der Waals surface area contributed by atoms with Crippen molar-refractivity contribution in [2.24, 2.45) is 0 Å². The van der Waals surface area contributed by atoms with Crippen molar-refractivity contribution in [1.82, 2.24) is 20.0 Å². The van der Waals surface area contributed by atoms with E-state index in [1.165, 1.54) is 26.1 Å². The second kappa shape index (κ2) is 4.96. The average Bonchev–Trinajstić information content (AvgIpc) is 2.87. The summed E-state index contributed by atoms with van der Waals surface area (Å²) in [5.74, 6) is -0.879. The minimum absolute atomic E-state index is 0.0339. The van der Waals surface area contributed by atoms with E-state index in [4.69, 9.17) is 5.11 Å². The van der Waals surface area contributed by atoms with E-state index in [-0.39, 0.29) is 22.1 Å². The van der Waals surface area contributed by atoms with Crippen molar-refractivity contribution in [3.63, 3.8) is 0 Å². The highest BCUT2D eigenvalue weighted by Gasteiger charge is 2.25. The lowest BCUT2D eigenvalue weighted by molar-refractivity contribution is -0.137. The van der Waals surface area contributed by atoms with Crippen molar-refractivity contribution in [3.05, 3.63) is 23.7 Å². The Morgan fingerprint density at radius 3 is 2.75 bits per heavy atom. The maximum Gasteiger partial charge on any atom is 0.325 e. The van der Waals surface area contributed by atoms with Crippen molar-refractivity contribution >= 4 is 21.8 Å². The van der Waals surface area contributed by atoms with Crippen LogP contribution in [-0.4, -0.2) is 39.5 Å². The topological polar surface area (TPSA) is 130 Å². The zero-order chi connectivity index (χ0) is 14.9. The standard InChI is InChI=1S/C10H13N5O4S/c1-6-10(7(2)15(13-6)5-9(16)17)20(18,19)14-8-3-4-11-12-8/h3-4H,5H2,1-2H3,(H,16,17)(H2,11,12,14). The molecule has 0 aromatic carbocycles. The molecular weight excluding hydrogens is 286 g/mol. The Bertz CT molecular complexity index is 732. The molecule has 0 bridgehead atoms. The van der Waals surface area contributed by atoms with Gasteiger partial charge in [0.05, 0.1) is 17.6 Å². The SMILES string of the molecule is Cc1nn(CC(=O)O)c(C)c1S(=O)(=O)Nc1ccn[nH]1. The molecule has 2 rings (SSSR count). The van der Waals surface area contributed by atoms with Gasteiger partial charge in [0.25, 0.3) is 10.0 Å². The highest BCUT2D eigenvalue weighted by molar-refractivity contribution is 7.92. The van der Waals surface area contributed by atoms with Crippen LogP contribution < -0.4 is 4.72 Å². The highest BCUT2D eigenvalue weighted by Crippen LogP contribution is 2.21. The van der Waals surface area contributed by atoms with Crippen molar-refractivity contribution in [2.45, 2.75) is 25.3 Å². The molecule has 0 fully saturated rings. The third-order valence-corrected chi connectivity index (χ3v) is 4.23. The Morgan fingerprint density at radius 2 is 2.20 bits per heavy atom. The first-order chi connectivity index (χ1) is 9.31. The van der Waals surface area contributed by atoms with Crippen LogP contribution in [0.2, 0.25) is 0 Å². The third kappa shape index (κ3) is 2.64. The quantitative estimate of drug-likeness (QED) is 0.718. The summed E-state index contributed by atoms with van der Waals surface area (Å²) < 4.78 is 28.0. The number of sulfonamides is 1. The van der Waals surface area contributed by atoms with E-state index in [0.29, 0.717) is 0 Å². The second-order valence-corrected chi connectivity index (χ2v) is 5.75. The molecule has 0 amide bonds. The van der Waals surface area contributed by atoms with Gasteiger partial charge in [-0.3, -0.25) is 19.3 Å². The second-order valence-electron chi connectivity index (χ2n) is 4.13. The van der Waals surface area contributed by atoms with Crippen molar-refractivity contribution < 1.29 is 18.3 Å². The molecular formula is C10H13N5O4S. The molecule has 3 N–H and O–H groups in total. The molecule has 0 saturated carbocycles. The first-order valence-corrected chi connectivity index (χ1v) is 7.07. The third-order valence-electron chi connectivity index (χ3n) is 2.61. The summed E-state index contributed by atoms with van der Waals surface area (Å²) >= 11 is 0. The van der Waals surface area contributed by atoms with E-state index in [2.05, 4.69) is 20.0 Å². The number of rotatable bonds is 5. The molecule has 20 heavy (non-hydrogen) atoms. The van der Waals surface area contributed by atoms with Crippen LogP contribution in [0.15, 0.2) is 17.2 Å². The molecule has 2 heterocycles. The van der Waals surface area contributed by atoms with Gasteiger partial charge < -0.3 is 5.11 Å². The molecule has 2 aromatic heterocycles. The fourth-order valence-corrected chi connectivity index (χ4v) is 3.29. The molecule has 0 atom stereocenters. The molecule has 0 spiro atoms. The van der Waals surface area contributed by atoms with Gasteiger partial charge in [0.15, 0.2) is 0 Å². The number of carbonyl (C=O) groups is 1. The lowest BCUT2D eigenvalue weighted by Gasteiger charge is -2.06. The molecule has 0 radical (unpaired) electrons. The van der Waals surface area contributed by atoms with Gasteiger partial charge in [0, 0.05) is 6.07 Å². The highest BCUT2D eigenvalue weighted by atomic mass is 32.2. The number of aliphatic carboxylic acids is 1. The maximum absolute atomic E-state index is 12.3. The van der Waals surface area contributed by atoms with E-state index in [9.17, 15) is 13.2 Å². The van der Waals surface area contributed by atoms with Crippen LogP contribution in [0.1, 0.15) is 11.4 Å². The smallest absolute Gasteiger partial charge is 0.325 e. The van der Waals surface area contributed by atoms with Gasteiger partial charge >= 0.3 is 5.97 Å². The molecule has 0 aliphatic heterocycles. The first-order valence-electron chi connectivity index (χ1n) is 5.59. The van der Waals surface area contributed by atoms with Crippen LogP contribution in [0.4, 0.5) is 5.82 Å². The molecule has 2 aromatic rings. The number of hydrogen-bond donors (Lipinski definition) is 3. The number of hydrogen-bond acceptors (Lipinski definition) is 5. The number of aromatic amines is 1. The van der Waals surface area contributed by atoms with Crippen LogP contribution >= 0.6 is 0 Å². The van der Waals surface area contributed by atoms with Gasteiger partial charge in [0.2, 0.25) is 0 Å². The van der Waals surface area contributed by atoms with Gasteiger partial charge in [-0.1, -0.05) is 0 Å². The van der Waals surface area contributed by atoms with Crippen molar-refractivity contribution in [1.29, 1.82) is 0 Å². The van der Waals surface area contributed by atoms with Gasteiger partial charge in [-0.2, -0.15) is 10.2 Å². The lowest BCUT2D eigenvalue weighted by Crippen LogP contribution is -2.16. The molecule has 0 aliphatic carbocycles. The first kappa shape index (κ1) is 14.1. The number of carboxylic acid groups (broad SMARTS) is 1. The van der Waals surface area contributed by atoms with Crippen LogP contribution in [0, 0.1) is 13.8 Å². The zero-order valence-corrected chi connectivity index (χ0v) is 11.6. The summed E-state index contributed by atoms with van der Waals surface area (Å²) in [5.41, 5.74) is 0.493. The minimum Gasteiger partial charge on any atom is -0.480 e. The molecule has 108 valence electrons. The Balaban J connectivity index is 2.41. The molecule has 0 unspecified atom stereocenters. The van der Waals surface area contributed by atoms with Gasteiger partial charge in [-0.05, 0) is 13.8 Å². The van der Waals surface area contributed by atoms with E-state index in [1.807, 2.05) is 0 Å². The monoisotopic (exact) mass is 299 g/mol. The zero-order valence-electron chi connectivity index (χ0n) is 10.8. The Morgan fingerprint density at radius 1 is 1.50 bits per heavy atom. The predicted octanol–water partition coefficient (Wildman–Crippen LogP) is 0.108. The summed E-state index contributed by atoms with van der Waals surface area (Å²) in [4.78, 5) is 10.7. The van der Waals surface area contributed by atoms with Crippen LogP contribution in [-0.2, 0) is 21.4 Å². The predicted molar refractivity (Wildman–Crippen MR) is 68.7 cm³/mol. The van der Waals surface area contributed by atoms with Crippen molar-refractivity contribution in [3.8, 4) is 0 Å². The Hall–Kier alpha value is -2.36. The average molecular weight is 299 g/mol. The molecule has 10 heteroatoms. The maximum atomic E-state index is 12.3. The van der Waals surface area contributed by atoms with Gasteiger partial charge in [0.1, 0.15) is 17.3 Å².